The van der Waals surface area contributed by atoms with Gasteiger partial charge in [-0.3, -0.25) is 4.79 Å². The number of carbonyl (C=O) groups excluding carboxylic acids is 1. The molecule has 0 aliphatic carbocycles. The fourth-order valence-corrected chi connectivity index (χ4v) is 1.16. The Balaban J connectivity index is 2.70. The van der Waals surface area contributed by atoms with Crippen LogP contribution in [0.1, 0.15) is 24.2 Å². The Hall–Kier alpha value is -1.06. The molecule has 15 heavy (non-hydrogen) atoms. The molecule has 1 aromatic rings. The summed E-state index contributed by atoms with van der Waals surface area (Å²) in [6.07, 6.45) is 0.0404. The summed E-state index contributed by atoms with van der Waals surface area (Å²) in [5.74, 6) is -0.0907. The van der Waals surface area contributed by atoms with Gasteiger partial charge < -0.3 is 10.5 Å². The molecule has 0 saturated heterocycles. The summed E-state index contributed by atoms with van der Waals surface area (Å²) in [7, 11) is 0. The number of halogens is 1. The van der Waals surface area contributed by atoms with Crippen molar-refractivity contribution < 1.29 is 9.53 Å². The topological polar surface area (TPSA) is 52.3 Å². The zero-order valence-corrected chi connectivity index (χ0v) is 9.54. The van der Waals surface area contributed by atoms with Crippen LogP contribution in [0.5, 0.6) is 0 Å². The molecule has 0 radical (unpaired) electrons. The normalized spacial score (nSPS) is 10.7. The number of nitrogen functional groups attached to an aromatic ring is 1. The second-order valence-corrected chi connectivity index (χ2v) is 3.93. The number of Topliss-reactive ketones (excluding diaryl/α,β-unsaturated/α-hetero) is 1. The Bertz CT molecular complexity index is 364. The summed E-state index contributed by atoms with van der Waals surface area (Å²) in [5.41, 5.74) is 6.52. The molecule has 0 heterocycles. The van der Waals surface area contributed by atoms with E-state index in [9.17, 15) is 4.79 Å². The summed E-state index contributed by atoms with van der Waals surface area (Å²) in [5, 5.41) is 0.455. The minimum Gasteiger partial charge on any atom is -0.398 e. The van der Waals surface area contributed by atoms with Crippen LogP contribution >= 0.6 is 11.6 Å². The zero-order chi connectivity index (χ0) is 11.4. The second kappa shape index (κ2) is 5.14. The first-order valence-electron chi connectivity index (χ1n) is 4.70. The number of rotatable bonds is 4. The molecular weight excluding hydrogens is 214 g/mol. The highest BCUT2D eigenvalue weighted by Crippen LogP contribution is 2.19. The first-order valence-corrected chi connectivity index (χ1v) is 5.08. The molecule has 0 unspecified atom stereocenters. The largest absolute Gasteiger partial charge is 0.398 e. The number of ketones is 1. The highest BCUT2D eigenvalue weighted by atomic mass is 35.5. The van der Waals surface area contributed by atoms with Crippen LogP contribution in [0, 0.1) is 0 Å². The van der Waals surface area contributed by atoms with Crippen molar-refractivity contribution >= 4 is 23.1 Å². The number of benzene rings is 1. The molecule has 2 N–H and O–H groups in total. The molecule has 0 aliphatic rings. The van der Waals surface area contributed by atoms with Crippen molar-refractivity contribution in [1.29, 1.82) is 0 Å². The molecular formula is C11H14ClNO2. The van der Waals surface area contributed by atoms with Crippen molar-refractivity contribution in [3.05, 3.63) is 28.8 Å². The molecule has 0 aliphatic heterocycles. The molecule has 1 aromatic carbocycles. The maximum Gasteiger partial charge on any atom is 0.188 e. The minimum absolute atomic E-state index is 0.0404. The van der Waals surface area contributed by atoms with Gasteiger partial charge in [-0.25, -0.2) is 0 Å². The lowest BCUT2D eigenvalue weighted by Gasteiger charge is -2.07. The molecule has 0 amide bonds. The number of hydrogen-bond donors (Lipinski definition) is 1. The molecule has 0 saturated carbocycles. The Kier molecular flexibility index (Phi) is 4.12. The molecule has 0 aromatic heterocycles. The van der Waals surface area contributed by atoms with E-state index in [0.29, 0.717) is 16.3 Å². The Morgan fingerprint density at radius 3 is 2.73 bits per heavy atom. The fourth-order valence-electron chi connectivity index (χ4n) is 1.04. The van der Waals surface area contributed by atoms with E-state index in [2.05, 4.69) is 0 Å². The maximum atomic E-state index is 11.6. The standard InChI is InChI=1S/C11H14ClNO2/c1-7(2)15-6-11(14)8-3-4-9(12)10(13)5-8/h3-5,7H,6,13H2,1-2H3. The fraction of sp³-hybridized carbons (Fsp3) is 0.364. The third kappa shape index (κ3) is 3.53. The molecule has 0 atom stereocenters. The number of nitrogens with two attached hydrogens (primary N) is 1. The Morgan fingerprint density at radius 2 is 2.20 bits per heavy atom. The minimum atomic E-state index is -0.0907. The second-order valence-electron chi connectivity index (χ2n) is 3.52. The molecule has 0 spiro atoms. The van der Waals surface area contributed by atoms with E-state index in [-0.39, 0.29) is 18.5 Å². The van der Waals surface area contributed by atoms with Gasteiger partial charge in [-0.2, -0.15) is 0 Å². The predicted octanol–water partition coefficient (Wildman–Crippen LogP) is 2.53. The van der Waals surface area contributed by atoms with Crippen molar-refractivity contribution in [1.82, 2.24) is 0 Å². The van der Waals surface area contributed by atoms with E-state index >= 15 is 0 Å². The lowest BCUT2D eigenvalue weighted by Crippen LogP contribution is -2.13. The van der Waals surface area contributed by atoms with Crippen LogP contribution in [-0.2, 0) is 4.74 Å². The summed E-state index contributed by atoms with van der Waals surface area (Å²) in [6, 6.07) is 4.82. The number of carbonyl (C=O) groups is 1. The first-order chi connectivity index (χ1) is 7.00. The van der Waals surface area contributed by atoms with Gasteiger partial charge >= 0.3 is 0 Å². The van der Waals surface area contributed by atoms with Gasteiger partial charge in [0, 0.05) is 5.56 Å². The lowest BCUT2D eigenvalue weighted by molar-refractivity contribution is 0.0585. The van der Waals surface area contributed by atoms with E-state index < -0.39 is 0 Å². The highest BCUT2D eigenvalue weighted by molar-refractivity contribution is 6.33. The maximum absolute atomic E-state index is 11.6. The van der Waals surface area contributed by atoms with Crippen molar-refractivity contribution in [2.24, 2.45) is 0 Å². The molecule has 1 rings (SSSR count). The van der Waals surface area contributed by atoms with Gasteiger partial charge in [0.05, 0.1) is 16.8 Å². The zero-order valence-electron chi connectivity index (χ0n) is 8.79. The van der Waals surface area contributed by atoms with Gasteiger partial charge in [-0.15, -0.1) is 0 Å². The van der Waals surface area contributed by atoms with E-state index in [4.69, 9.17) is 22.1 Å². The van der Waals surface area contributed by atoms with Crippen molar-refractivity contribution in [2.45, 2.75) is 20.0 Å². The van der Waals surface area contributed by atoms with E-state index in [0.717, 1.165) is 0 Å². The Labute approximate surface area is 94.2 Å². The van der Waals surface area contributed by atoms with Crippen molar-refractivity contribution in [3.8, 4) is 0 Å². The molecule has 4 heteroatoms. The van der Waals surface area contributed by atoms with Gasteiger partial charge in [0.2, 0.25) is 0 Å². The quantitative estimate of drug-likeness (QED) is 0.635. The van der Waals surface area contributed by atoms with Crippen LogP contribution in [0.2, 0.25) is 5.02 Å². The van der Waals surface area contributed by atoms with E-state index in [1.807, 2.05) is 13.8 Å². The molecule has 82 valence electrons. The van der Waals surface area contributed by atoms with Gasteiger partial charge in [0.1, 0.15) is 6.61 Å². The predicted molar refractivity (Wildman–Crippen MR) is 61.3 cm³/mol. The highest BCUT2D eigenvalue weighted by Gasteiger charge is 2.08. The summed E-state index contributed by atoms with van der Waals surface area (Å²) in [4.78, 5) is 11.6. The average Bonchev–Trinajstić information content (AvgIpc) is 2.18. The molecule has 0 bridgehead atoms. The number of hydrogen-bond acceptors (Lipinski definition) is 3. The SMILES string of the molecule is CC(C)OCC(=O)c1ccc(Cl)c(N)c1. The summed E-state index contributed by atoms with van der Waals surface area (Å²) < 4.78 is 5.20. The van der Waals surface area contributed by atoms with Gasteiger partial charge in [-0.05, 0) is 32.0 Å². The summed E-state index contributed by atoms with van der Waals surface area (Å²) in [6.45, 7) is 3.83. The van der Waals surface area contributed by atoms with Crippen LogP contribution in [-0.4, -0.2) is 18.5 Å². The third-order valence-corrected chi connectivity index (χ3v) is 2.21. The van der Waals surface area contributed by atoms with Crippen LogP contribution < -0.4 is 5.73 Å². The van der Waals surface area contributed by atoms with Gasteiger partial charge in [0.25, 0.3) is 0 Å². The monoisotopic (exact) mass is 227 g/mol. The van der Waals surface area contributed by atoms with E-state index in [1.54, 1.807) is 18.2 Å². The van der Waals surface area contributed by atoms with Crippen LogP contribution in [0.4, 0.5) is 5.69 Å². The van der Waals surface area contributed by atoms with E-state index in [1.165, 1.54) is 0 Å². The van der Waals surface area contributed by atoms with Gasteiger partial charge in [-0.1, -0.05) is 11.6 Å². The lowest BCUT2D eigenvalue weighted by atomic mass is 10.1. The number of ether oxygens (including phenoxy) is 1. The first kappa shape index (κ1) is 12.0. The average molecular weight is 228 g/mol. The molecule has 0 fully saturated rings. The molecule has 3 nitrogen and oxygen atoms in total. The van der Waals surface area contributed by atoms with Crippen LogP contribution in [0.25, 0.3) is 0 Å². The van der Waals surface area contributed by atoms with Crippen molar-refractivity contribution in [3.63, 3.8) is 0 Å². The smallest absolute Gasteiger partial charge is 0.188 e. The van der Waals surface area contributed by atoms with Crippen LogP contribution in [0.3, 0.4) is 0 Å². The van der Waals surface area contributed by atoms with Gasteiger partial charge in [0.15, 0.2) is 5.78 Å². The van der Waals surface area contributed by atoms with Crippen LogP contribution in [0.15, 0.2) is 18.2 Å². The third-order valence-electron chi connectivity index (χ3n) is 1.87. The number of anilines is 1. The Morgan fingerprint density at radius 1 is 1.53 bits per heavy atom. The van der Waals surface area contributed by atoms with Crippen molar-refractivity contribution in [2.75, 3.05) is 12.3 Å². The summed E-state index contributed by atoms with van der Waals surface area (Å²) >= 11 is 5.75.